The van der Waals surface area contributed by atoms with Crippen molar-refractivity contribution in [2.24, 2.45) is 0 Å². The SMILES string of the molecule is O[C@@H](CI)c1ccc(Br)cc1. The van der Waals surface area contributed by atoms with Crippen LogP contribution in [0.1, 0.15) is 11.7 Å². The van der Waals surface area contributed by atoms with E-state index in [0.29, 0.717) is 0 Å². The largest absolute Gasteiger partial charge is 0.388 e. The molecule has 0 aromatic heterocycles. The van der Waals surface area contributed by atoms with E-state index < -0.39 is 0 Å². The van der Waals surface area contributed by atoms with E-state index in [2.05, 4.69) is 38.5 Å². The molecule has 0 radical (unpaired) electrons. The van der Waals surface area contributed by atoms with Gasteiger partial charge in [-0.15, -0.1) is 0 Å². The molecule has 1 aromatic rings. The topological polar surface area (TPSA) is 20.2 Å². The van der Waals surface area contributed by atoms with E-state index in [1.165, 1.54) is 0 Å². The van der Waals surface area contributed by atoms with Crippen LogP contribution in [-0.2, 0) is 0 Å². The molecule has 0 amide bonds. The molecule has 0 saturated carbocycles. The van der Waals surface area contributed by atoms with Gasteiger partial charge in [-0.25, -0.2) is 0 Å². The van der Waals surface area contributed by atoms with Crippen molar-refractivity contribution < 1.29 is 5.11 Å². The van der Waals surface area contributed by atoms with E-state index in [-0.39, 0.29) is 6.10 Å². The Morgan fingerprint density at radius 2 is 1.91 bits per heavy atom. The maximum absolute atomic E-state index is 9.40. The summed E-state index contributed by atoms with van der Waals surface area (Å²) >= 11 is 5.50. The fourth-order valence-electron chi connectivity index (χ4n) is 0.774. The Bertz CT molecular complexity index is 222. The molecule has 0 spiro atoms. The Morgan fingerprint density at radius 3 is 2.36 bits per heavy atom. The van der Waals surface area contributed by atoms with Gasteiger partial charge in [0, 0.05) is 8.90 Å². The Labute approximate surface area is 88.1 Å². The van der Waals surface area contributed by atoms with Crippen LogP contribution in [-0.4, -0.2) is 9.53 Å². The molecule has 1 nitrogen and oxygen atoms in total. The van der Waals surface area contributed by atoms with Gasteiger partial charge in [0.1, 0.15) is 0 Å². The van der Waals surface area contributed by atoms with Gasteiger partial charge in [-0.1, -0.05) is 50.7 Å². The highest BCUT2D eigenvalue weighted by Gasteiger charge is 2.03. The Kier molecular flexibility index (Phi) is 3.81. The minimum atomic E-state index is -0.330. The molecule has 0 aliphatic rings. The van der Waals surface area contributed by atoms with Crippen molar-refractivity contribution >= 4 is 38.5 Å². The van der Waals surface area contributed by atoms with Crippen molar-refractivity contribution in [3.8, 4) is 0 Å². The lowest BCUT2D eigenvalue weighted by Crippen LogP contribution is -1.96. The van der Waals surface area contributed by atoms with Gasteiger partial charge in [-0.05, 0) is 17.7 Å². The minimum Gasteiger partial charge on any atom is -0.388 e. The number of alkyl halides is 1. The van der Waals surface area contributed by atoms with Gasteiger partial charge in [0.25, 0.3) is 0 Å². The quantitative estimate of drug-likeness (QED) is 0.654. The summed E-state index contributed by atoms with van der Waals surface area (Å²) in [6.07, 6.45) is -0.330. The van der Waals surface area contributed by atoms with Gasteiger partial charge in [-0.3, -0.25) is 0 Å². The fraction of sp³-hybridized carbons (Fsp3) is 0.250. The standard InChI is InChI=1S/C8H8BrIO/c9-7-3-1-6(2-4-7)8(11)5-10/h1-4,8,11H,5H2/t8-/m0/s1. The molecule has 11 heavy (non-hydrogen) atoms. The molecule has 0 aliphatic heterocycles. The minimum absolute atomic E-state index is 0.330. The molecule has 0 bridgehead atoms. The monoisotopic (exact) mass is 326 g/mol. The molecule has 0 fully saturated rings. The normalized spacial score (nSPS) is 13.0. The van der Waals surface area contributed by atoms with E-state index in [1.807, 2.05) is 24.3 Å². The first-order chi connectivity index (χ1) is 5.24. The Balaban J connectivity index is 2.81. The molecule has 1 rings (SSSR count). The van der Waals surface area contributed by atoms with Crippen LogP contribution in [0.5, 0.6) is 0 Å². The third-order valence-corrected chi connectivity index (χ3v) is 2.76. The summed E-state index contributed by atoms with van der Waals surface area (Å²) in [4.78, 5) is 0. The fourth-order valence-corrected chi connectivity index (χ4v) is 1.55. The lowest BCUT2D eigenvalue weighted by molar-refractivity contribution is 0.207. The Hall–Kier alpha value is 0.390. The third-order valence-electron chi connectivity index (χ3n) is 1.40. The van der Waals surface area contributed by atoms with Crippen molar-refractivity contribution in [3.05, 3.63) is 34.3 Å². The number of hydrogen-bond donors (Lipinski definition) is 1. The number of benzene rings is 1. The highest BCUT2D eigenvalue weighted by atomic mass is 127. The number of hydrogen-bond acceptors (Lipinski definition) is 1. The zero-order valence-electron chi connectivity index (χ0n) is 5.80. The van der Waals surface area contributed by atoms with Crippen molar-refractivity contribution in [1.29, 1.82) is 0 Å². The number of halogens is 2. The van der Waals surface area contributed by atoms with Crippen LogP contribution in [0.15, 0.2) is 28.7 Å². The average Bonchev–Trinajstić information content (AvgIpc) is 2.05. The maximum Gasteiger partial charge on any atom is 0.0879 e. The van der Waals surface area contributed by atoms with Crippen LogP contribution in [0.4, 0.5) is 0 Å². The molecule has 60 valence electrons. The highest BCUT2D eigenvalue weighted by molar-refractivity contribution is 14.1. The average molecular weight is 327 g/mol. The summed E-state index contributed by atoms with van der Waals surface area (Å²) in [5.74, 6) is 0. The first-order valence-corrected chi connectivity index (χ1v) is 5.55. The first-order valence-electron chi connectivity index (χ1n) is 3.23. The van der Waals surface area contributed by atoms with Gasteiger partial charge in [-0.2, -0.15) is 0 Å². The Morgan fingerprint density at radius 1 is 1.36 bits per heavy atom. The van der Waals surface area contributed by atoms with Gasteiger partial charge in [0.2, 0.25) is 0 Å². The molecule has 3 heteroatoms. The number of rotatable bonds is 2. The van der Waals surface area contributed by atoms with Crippen molar-refractivity contribution in [2.75, 3.05) is 4.43 Å². The maximum atomic E-state index is 9.40. The van der Waals surface area contributed by atoms with E-state index in [1.54, 1.807) is 0 Å². The lowest BCUT2D eigenvalue weighted by Gasteiger charge is -2.05. The van der Waals surface area contributed by atoms with E-state index in [4.69, 9.17) is 0 Å². The van der Waals surface area contributed by atoms with E-state index >= 15 is 0 Å². The van der Waals surface area contributed by atoms with Crippen LogP contribution in [0.3, 0.4) is 0 Å². The highest BCUT2D eigenvalue weighted by Crippen LogP contribution is 2.17. The smallest absolute Gasteiger partial charge is 0.0879 e. The van der Waals surface area contributed by atoms with Gasteiger partial charge < -0.3 is 5.11 Å². The predicted molar refractivity (Wildman–Crippen MR) is 58.0 cm³/mol. The zero-order chi connectivity index (χ0) is 8.27. The van der Waals surface area contributed by atoms with Crippen LogP contribution < -0.4 is 0 Å². The van der Waals surface area contributed by atoms with E-state index in [9.17, 15) is 5.11 Å². The molecular weight excluding hydrogens is 319 g/mol. The summed E-state index contributed by atoms with van der Waals surface area (Å²) in [5, 5.41) is 9.40. The summed E-state index contributed by atoms with van der Waals surface area (Å²) in [6, 6.07) is 7.72. The van der Waals surface area contributed by atoms with Crippen molar-refractivity contribution in [3.63, 3.8) is 0 Å². The lowest BCUT2D eigenvalue weighted by atomic mass is 10.1. The van der Waals surface area contributed by atoms with Gasteiger partial charge >= 0.3 is 0 Å². The number of aliphatic hydroxyl groups excluding tert-OH is 1. The predicted octanol–water partition coefficient (Wildman–Crippen LogP) is 2.92. The molecule has 1 atom stereocenters. The summed E-state index contributed by atoms with van der Waals surface area (Å²) in [7, 11) is 0. The second kappa shape index (κ2) is 4.42. The molecule has 0 heterocycles. The molecule has 1 aromatic carbocycles. The van der Waals surface area contributed by atoms with Crippen LogP contribution in [0.2, 0.25) is 0 Å². The van der Waals surface area contributed by atoms with E-state index in [0.717, 1.165) is 14.5 Å². The molecule has 1 N–H and O–H groups in total. The molecule has 0 aliphatic carbocycles. The second-order valence-corrected chi connectivity index (χ2v) is 4.02. The summed E-state index contributed by atoms with van der Waals surface area (Å²) in [5.41, 5.74) is 0.975. The van der Waals surface area contributed by atoms with Crippen molar-refractivity contribution in [2.45, 2.75) is 6.10 Å². The first kappa shape index (κ1) is 9.48. The summed E-state index contributed by atoms with van der Waals surface area (Å²) in [6.45, 7) is 0. The number of aliphatic hydroxyl groups is 1. The van der Waals surface area contributed by atoms with Crippen LogP contribution in [0.25, 0.3) is 0 Å². The van der Waals surface area contributed by atoms with Crippen LogP contribution in [0, 0.1) is 0 Å². The van der Waals surface area contributed by atoms with Gasteiger partial charge in [0.05, 0.1) is 6.10 Å². The third kappa shape index (κ3) is 2.72. The summed E-state index contributed by atoms with van der Waals surface area (Å²) < 4.78 is 1.78. The van der Waals surface area contributed by atoms with Crippen LogP contribution >= 0.6 is 38.5 Å². The van der Waals surface area contributed by atoms with Crippen molar-refractivity contribution in [1.82, 2.24) is 0 Å². The molecule has 0 saturated heterocycles. The van der Waals surface area contributed by atoms with Gasteiger partial charge in [0.15, 0.2) is 0 Å². The molecular formula is C8H8BrIO. The zero-order valence-corrected chi connectivity index (χ0v) is 9.54. The second-order valence-electron chi connectivity index (χ2n) is 2.22. The molecule has 0 unspecified atom stereocenters.